The highest BCUT2D eigenvalue weighted by molar-refractivity contribution is 5.77. The molecule has 0 radical (unpaired) electrons. The van der Waals surface area contributed by atoms with E-state index < -0.39 is 0 Å². The van der Waals surface area contributed by atoms with Crippen LogP contribution in [0.4, 0.5) is 4.39 Å². The predicted molar refractivity (Wildman–Crippen MR) is 83.3 cm³/mol. The van der Waals surface area contributed by atoms with Gasteiger partial charge in [0.2, 0.25) is 5.91 Å². The first-order valence-corrected chi connectivity index (χ1v) is 7.92. The summed E-state index contributed by atoms with van der Waals surface area (Å²) >= 11 is 0. The van der Waals surface area contributed by atoms with Gasteiger partial charge >= 0.3 is 0 Å². The number of hydrogen-bond acceptors (Lipinski definition) is 4. The molecule has 5 nitrogen and oxygen atoms in total. The van der Waals surface area contributed by atoms with Crippen LogP contribution in [-0.4, -0.2) is 57.4 Å². The van der Waals surface area contributed by atoms with Crippen LogP contribution >= 0.6 is 0 Å². The maximum Gasteiger partial charge on any atom is 0.246 e. The molecule has 0 saturated carbocycles. The number of nitrogens with zero attached hydrogens (tertiary/aromatic N) is 1. The summed E-state index contributed by atoms with van der Waals surface area (Å²) in [6, 6.07) is 6.89. The molecule has 0 unspecified atom stereocenters. The van der Waals surface area contributed by atoms with Gasteiger partial charge in [-0.05, 0) is 6.07 Å². The minimum atomic E-state index is -0.164. The van der Waals surface area contributed by atoms with Crippen LogP contribution in [0, 0.1) is 17.2 Å². The maximum atomic E-state index is 13.8. The lowest BCUT2D eigenvalue weighted by Crippen LogP contribution is -2.44. The molecule has 2 atom stereocenters. The summed E-state index contributed by atoms with van der Waals surface area (Å²) in [4.78, 5) is 13.9. The van der Waals surface area contributed by atoms with Crippen LogP contribution in [0.3, 0.4) is 0 Å². The van der Waals surface area contributed by atoms with Crippen molar-refractivity contribution in [3.63, 3.8) is 0 Å². The first-order chi connectivity index (χ1) is 11.1. The summed E-state index contributed by atoms with van der Waals surface area (Å²) in [5.41, 5.74) is 0.640. The zero-order valence-corrected chi connectivity index (χ0v) is 13.4. The molecule has 1 N–H and O–H groups in total. The van der Waals surface area contributed by atoms with Crippen LogP contribution in [0.25, 0.3) is 0 Å². The van der Waals surface area contributed by atoms with Crippen LogP contribution in [-0.2, 0) is 20.8 Å². The quantitative estimate of drug-likeness (QED) is 0.850. The molecule has 126 valence electrons. The number of ether oxygens (including phenoxy) is 2. The first-order valence-electron chi connectivity index (χ1n) is 7.92. The minimum Gasteiger partial charge on any atom is -0.380 e. The molecule has 2 fully saturated rings. The molecular formula is C17H23FN2O3. The van der Waals surface area contributed by atoms with E-state index in [2.05, 4.69) is 10.2 Å². The summed E-state index contributed by atoms with van der Waals surface area (Å²) in [6.45, 7) is 4.26. The summed E-state index contributed by atoms with van der Waals surface area (Å²) < 4.78 is 24.3. The fourth-order valence-electron chi connectivity index (χ4n) is 3.64. The van der Waals surface area contributed by atoms with E-state index in [9.17, 15) is 9.18 Å². The lowest BCUT2D eigenvalue weighted by molar-refractivity contribution is -0.125. The van der Waals surface area contributed by atoms with Crippen LogP contribution < -0.4 is 5.32 Å². The van der Waals surface area contributed by atoms with Crippen LogP contribution in [0.15, 0.2) is 24.3 Å². The number of rotatable bonds is 6. The average molecular weight is 322 g/mol. The van der Waals surface area contributed by atoms with Crippen molar-refractivity contribution in [1.29, 1.82) is 0 Å². The number of carbonyl (C=O) groups is 1. The minimum absolute atomic E-state index is 0.0700. The molecule has 0 bridgehead atoms. The number of methoxy groups -OCH3 is 1. The first kappa shape index (κ1) is 16.4. The second-order valence-electron chi connectivity index (χ2n) is 6.55. The molecule has 2 saturated heterocycles. The molecule has 1 amide bonds. The van der Waals surface area contributed by atoms with Crippen molar-refractivity contribution in [1.82, 2.24) is 10.2 Å². The molecule has 23 heavy (non-hydrogen) atoms. The average Bonchev–Trinajstić information content (AvgIpc) is 3.05. The number of nitrogens with one attached hydrogen (secondary N) is 1. The van der Waals surface area contributed by atoms with Gasteiger partial charge < -0.3 is 14.8 Å². The van der Waals surface area contributed by atoms with E-state index >= 15 is 0 Å². The standard InChI is InChI=1S/C17H23FN2O3/c1-22-9-16(21)19-10-17-11-20(7-14(17)8-23-12-17)6-13-4-2-3-5-15(13)18/h2-5,14H,6-12H2,1H3,(H,19,21)/t14-,17+/m0/s1. The Balaban J connectivity index is 1.63. The van der Waals surface area contributed by atoms with Crippen LogP contribution in [0.5, 0.6) is 0 Å². The monoisotopic (exact) mass is 322 g/mol. The summed E-state index contributed by atoms with van der Waals surface area (Å²) in [5, 5.41) is 2.94. The van der Waals surface area contributed by atoms with E-state index in [0.717, 1.165) is 13.1 Å². The van der Waals surface area contributed by atoms with Gasteiger partial charge in [-0.2, -0.15) is 0 Å². The van der Waals surface area contributed by atoms with Crippen molar-refractivity contribution in [2.75, 3.05) is 46.6 Å². The molecular weight excluding hydrogens is 299 g/mol. The van der Waals surface area contributed by atoms with Gasteiger partial charge in [0.15, 0.2) is 0 Å². The Morgan fingerprint density at radius 3 is 3.13 bits per heavy atom. The molecule has 3 rings (SSSR count). The Hall–Kier alpha value is -1.50. The fourth-order valence-corrected chi connectivity index (χ4v) is 3.64. The number of likely N-dealkylation sites (tertiary alicyclic amines) is 1. The zero-order valence-electron chi connectivity index (χ0n) is 13.4. The molecule has 2 aliphatic heterocycles. The van der Waals surface area contributed by atoms with Crippen LogP contribution in [0.1, 0.15) is 5.56 Å². The lowest BCUT2D eigenvalue weighted by Gasteiger charge is -2.27. The second-order valence-corrected chi connectivity index (χ2v) is 6.55. The van der Waals surface area contributed by atoms with E-state index in [1.54, 1.807) is 6.07 Å². The van der Waals surface area contributed by atoms with Gasteiger partial charge in [0.1, 0.15) is 12.4 Å². The second kappa shape index (κ2) is 6.95. The van der Waals surface area contributed by atoms with Gasteiger partial charge in [-0.15, -0.1) is 0 Å². The molecule has 0 aromatic heterocycles. The summed E-state index contributed by atoms with van der Waals surface area (Å²) in [6.07, 6.45) is 0. The third-order valence-electron chi connectivity index (χ3n) is 4.86. The van der Waals surface area contributed by atoms with Crippen LogP contribution in [0.2, 0.25) is 0 Å². The van der Waals surface area contributed by atoms with Crippen molar-refractivity contribution in [3.05, 3.63) is 35.6 Å². The Kier molecular flexibility index (Phi) is 4.94. The lowest BCUT2D eigenvalue weighted by atomic mass is 9.81. The molecule has 0 spiro atoms. The maximum absolute atomic E-state index is 13.8. The van der Waals surface area contributed by atoms with E-state index in [1.807, 2.05) is 12.1 Å². The topological polar surface area (TPSA) is 50.8 Å². The number of hydrogen-bond donors (Lipinski definition) is 1. The number of halogens is 1. The highest BCUT2D eigenvalue weighted by Crippen LogP contribution is 2.41. The number of benzene rings is 1. The fraction of sp³-hybridized carbons (Fsp3) is 0.588. The van der Waals surface area contributed by atoms with Gasteiger partial charge in [-0.25, -0.2) is 4.39 Å². The molecule has 1 aromatic rings. The normalized spacial score (nSPS) is 27.1. The third kappa shape index (κ3) is 3.54. The van der Waals surface area contributed by atoms with Crippen molar-refractivity contribution in [2.45, 2.75) is 6.54 Å². The zero-order chi connectivity index (χ0) is 16.3. The molecule has 0 aliphatic carbocycles. The largest absolute Gasteiger partial charge is 0.380 e. The van der Waals surface area contributed by atoms with E-state index in [4.69, 9.17) is 9.47 Å². The number of amides is 1. The highest BCUT2D eigenvalue weighted by Gasteiger charge is 2.50. The van der Waals surface area contributed by atoms with Gasteiger partial charge in [0.05, 0.1) is 13.2 Å². The molecule has 1 aromatic carbocycles. The smallest absolute Gasteiger partial charge is 0.246 e. The molecule has 2 heterocycles. The van der Waals surface area contributed by atoms with E-state index in [-0.39, 0.29) is 23.7 Å². The Morgan fingerprint density at radius 1 is 1.52 bits per heavy atom. The van der Waals surface area contributed by atoms with E-state index in [1.165, 1.54) is 13.2 Å². The van der Waals surface area contributed by atoms with Crippen molar-refractivity contribution in [2.24, 2.45) is 11.3 Å². The Morgan fingerprint density at radius 2 is 2.35 bits per heavy atom. The van der Waals surface area contributed by atoms with Gasteiger partial charge in [0.25, 0.3) is 0 Å². The SMILES string of the molecule is COCC(=O)NC[C@@]12COC[C@@H]1CN(Cc1ccccc1F)C2. The molecule has 6 heteroatoms. The van der Waals surface area contributed by atoms with Crippen molar-refractivity contribution in [3.8, 4) is 0 Å². The van der Waals surface area contributed by atoms with Gasteiger partial charge in [-0.3, -0.25) is 9.69 Å². The predicted octanol–water partition coefficient (Wildman–Crippen LogP) is 1.04. The number of fused-ring (bicyclic) bond motifs is 1. The Labute approximate surface area is 135 Å². The summed E-state index contributed by atoms with van der Waals surface area (Å²) in [5.74, 6) is 0.0976. The molecule has 2 aliphatic rings. The summed E-state index contributed by atoms with van der Waals surface area (Å²) in [7, 11) is 1.51. The Bertz CT molecular complexity index is 569. The number of carbonyl (C=O) groups excluding carboxylic acids is 1. The van der Waals surface area contributed by atoms with Gasteiger partial charge in [-0.1, -0.05) is 18.2 Å². The third-order valence-corrected chi connectivity index (χ3v) is 4.86. The highest BCUT2D eigenvalue weighted by atomic mass is 19.1. The van der Waals surface area contributed by atoms with E-state index in [0.29, 0.717) is 37.8 Å². The van der Waals surface area contributed by atoms with Crippen molar-refractivity contribution >= 4 is 5.91 Å². The van der Waals surface area contributed by atoms with Crippen molar-refractivity contribution < 1.29 is 18.7 Å². The van der Waals surface area contributed by atoms with Gasteiger partial charge in [0, 0.05) is 50.2 Å².